The average molecular weight is 295 g/mol. The summed E-state index contributed by atoms with van der Waals surface area (Å²) in [6, 6.07) is 5.65. The standard InChI is InChI=1S/C15H18FNO4/c1-10-3-4-11(2)12(7-10)21-8-13(18)17-6-5-15(16,9-17)14(19)20/h3-4,7H,5-6,8-9H2,1-2H3,(H,19,20). The fraction of sp³-hybridized carbons (Fsp3) is 0.467. The fourth-order valence-electron chi connectivity index (χ4n) is 2.25. The van der Waals surface area contributed by atoms with Gasteiger partial charge in [0.25, 0.3) is 5.91 Å². The van der Waals surface area contributed by atoms with Gasteiger partial charge in [-0.05, 0) is 31.0 Å². The number of aliphatic carboxylic acids is 1. The molecule has 1 aromatic rings. The molecule has 1 saturated heterocycles. The Morgan fingerprint density at radius 2 is 2.14 bits per heavy atom. The van der Waals surface area contributed by atoms with Gasteiger partial charge in [-0.1, -0.05) is 12.1 Å². The lowest BCUT2D eigenvalue weighted by Gasteiger charge is -2.18. The van der Waals surface area contributed by atoms with E-state index >= 15 is 0 Å². The molecule has 0 bridgehead atoms. The molecule has 114 valence electrons. The molecule has 1 atom stereocenters. The van der Waals surface area contributed by atoms with Crippen LogP contribution in [0.25, 0.3) is 0 Å². The predicted molar refractivity (Wildman–Crippen MR) is 74.1 cm³/mol. The highest BCUT2D eigenvalue weighted by atomic mass is 19.1. The maximum absolute atomic E-state index is 13.9. The highest BCUT2D eigenvalue weighted by molar-refractivity contribution is 5.83. The number of rotatable bonds is 4. The SMILES string of the molecule is Cc1ccc(C)c(OCC(=O)N2CCC(F)(C(=O)O)C2)c1. The van der Waals surface area contributed by atoms with Crippen molar-refractivity contribution in [2.24, 2.45) is 0 Å². The summed E-state index contributed by atoms with van der Waals surface area (Å²) in [6.07, 6.45) is -0.183. The molecular weight excluding hydrogens is 277 g/mol. The Bertz CT molecular complexity index is 575. The Balaban J connectivity index is 1.94. The third-order valence-corrected chi connectivity index (χ3v) is 3.65. The van der Waals surface area contributed by atoms with Crippen LogP contribution in [0.2, 0.25) is 0 Å². The molecule has 1 aromatic carbocycles. The molecule has 0 saturated carbocycles. The van der Waals surface area contributed by atoms with Crippen molar-refractivity contribution in [3.05, 3.63) is 29.3 Å². The summed E-state index contributed by atoms with van der Waals surface area (Å²) in [5, 5.41) is 8.80. The van der Waals surface area contributed by atoms with Gasteiger partial charge in [0.2, 0.25) is 5.67 Å². The van der Waals surface area contributed by atoms with Crippen molar-refractivity contribution >= 4 is 11.9 Å². The molecule has 0 radical (unpaired) electrons. The Hall–Kier alpha value is -2.11. The lowest BCUT2D eigenvalue weighted by Crippen LogP contribution is -2.40. The van der Waals surface area contributed by atoms with Gasteiger partial charge in [-0.25, -0.2) is 9.18 Å². The van der Waals surface area contributed by atoms with Crippen LogP contribution in [-0.2, 0) is 9.59 Å². The molecule has 1 fully saturated rings. The number of carboxylic acid groups (broad SMARTS) is 1. The first-order valence-electron chi connectivity index (χ1n) is 6.72. The lowest BCUT2D eigenvalue weighted by molar-refractivity contribution is -0.150. The summed E-state index contributed by atoms with van der Waals surface area (Å²) >= 11 is 0. The van der Waals surface area contributed by atoms with Crippen molar-refractivity contribution in [2.75, 3.05) is 19.7 Å². The van der Waals surface area contributed by atoms with Gasteiger partial charge in [0.1, 0.15) is 5.75 Å². The Morgan fingerprint density at radius 1 is 1.43 bits per heavy atom. The molecule has 1 aliphatic heterocycles. The second kappa shape index (κ2) is 5.71. The van der Waals surface area contributed by atoms with E-state index in [9.17, 15) is 14.0 Å². The molecule has 6 heteroatoms. The number of ether oxygens (including phenoxy) is 1. The molecule has 21 heavy (non-hydrogen) atoms. The van der Waals surface area contributed by atoms with Gasteiger partial charge in [0.05, 0.1) is 6.54 Å². The minimum atomic E-state index is -2.34. The van der Waals surface area contributed by atoms with Crippen LogP contribution in [0.3, 0.4) is 0 Å². The Kier molecular flexibility index (Phi) is 4.16. The maximum Gasteiger partial charge on any atom is 0.343 e. The van der Waals surface area contributed by atoms with Crippen molar-refractivity contribution in [1.29, 1.82) is 0 Å². The first-order valence-corrected chi connectivity index (χ1v) is 6.72. The average Bonchev–Trinajstić information content (AvgIpc) is 2.84. The summed E-state index contributed by atoms with van der Waals surface area (Å²) in [5.41, 5.74) is -0.424. The molecule has 1 N–H and O–H groups in total. The van der Waals surface area contributed by atoms with Gasteiger partial charge in [0.15, 0.2) is 6.61 Å². The van der Waals surface area contributed by atoms with Crippen molar-refractivity contribution in [3.63, 3.8) is 0 Å². The number of likely N-dealkylation sites (tertiary alicyclic amines) is 1. The zero-order valence-electron chi connectivity index (χ0n) is 12.1. The van der Waals surface area contributed by atoms with Crippen LogP contribution in [0.15, 0.2) is 18.2 Å². The quantitative estimate of drug-likeness (QED) is 0.918. The van der Waals surface area contributed by atoms with Crippen molar-refractivity contribution in [3.8, 4) is 5.75 Å². The number of hydrogen-bond acceptors (Lipinski definition) is 3. The van der Waals surface area contributed by atoms with E-state index in [4.69, 9.17) is 9.84 Å². The minimum absolute atomic E-state index is 0.0950. The lowest BCUT2D eigenvalue weighted by atomic mass is 10.1. The number of carbonyl (C=O) groups is 2. The largest absolute Gasteiger partial charge is 0.483 e. The highest BCUT2D eigenvalue weighted by Crippen LogP contribution is 2.26. The summed E-state index contributed by atoms with van der Waals surface area (Å²) in [4.78, 5) is 24.0. The summed E-state index contributed by atoms with van der Waals surface area (Å²) in [5.74, 6) is -1.32. The van der Waals surface area contributed by atoms with E-state index in [0.29, 0.717) is 5.75 Å². The fourth-order valence-corrected chi connectivity index (χ4v) is 2.25. The number of nitrogens with zero attached hydrogens (tertiary/aromatic N) is 1. The maximum atomic E-state index is 13.9. The number of amides is 1. The zero-order chi connectivity index (χ0) is 15.6. The normalized spacial score (nSPS) is 21.4. The number of carboxylic acids is 1. The summed E-state index contributed by atoms with van der Waals surface area (Å²) < 4.78 is 19.4. The van der Waals surface area contributed by atoms with Crippen LogP contribution in [0.4, 0.5) is 4.39 Å². The second-order valence-corrected chi connectivity index (χ2v) is 5.39. The van der Waals surface area contributed by atoms with Crippen molar-refractivity contribution < 1.29 is 23.8 Å². The molecule has 2 rings (SSSR count). The summed E-state index contributed by atoms with van der Waals surface area (Å²) in [6.45, 7) is 3.24. The number of halogens is 1. The van der Waals surface area contributed by atoms with Crippen LogP contribution < -0.4 is 4.74 Å². The molecule has 0 spiro atoms. The second-order valence-electron chi connectivity index (χ2n) is 5.39. The highest BCUT2D eigenvalue weighted by Gasteiger charge is 2.46. The van der Waals surface area contributed by atoms with Gasteiger partial charge < -0.3 is 14.7 Å². The molecular formula is C15H18FNO4. The summed E-state index contributed by atoms with van der Waals surface area (Å²) in [7, 11) is 0. The third kappa shape index (κ3) is 3.32. The van der Waals surface area contributed by atoms with Gasteiger partial charge in [-0.3, -0.25) is 4.79 Å². The topological polar surface area (TPSA) is 66.8 Å². The number of hydrogen-bond donors (Lipinski definition) is 1. The van der Waals surface area contributed by atoms with E-state index in [-0.39, 0.29) is 19.6 Å². The van der Waals surface area contributed by atoms with Crippen LogP contribution in [0.1, 0.15) is 17.5 Å². The van der Waals surface area contributed by atoms with Crippen molar-refractivity contribution in [2.45, 2.75) is 25.9 Å². The van der Waals surface area contributed by atoms with E-state index in [2.05, 4.69) is 0 Å². The molecule has 1 aliphatic rings. The van der Waals surface area contributed by atoms with Crippen LogP contribution in [0, 0.1) is 13.8 Å². The molecule has 1 unspecified atom stereocenters. The van der Waals surface area contributed by atoms with Crippen LogP contribution >= 0.6 is 0 Å². The first kappa shape index (κ1) is 15.3. The number of benzene rings is 1. The van der Waals surface area contributed by atoms with Gasteiger partial charge >= 0.3 is 5.97 Å². The van der Waals surface area contributed by atoms with Crippen LogP contribution in [-0.4, -0.2) is 47.2 Å². The Labute approximate surface area is 122 Å². The molecule has 1 amide bonds. The van der Waals surface area contributed by atoms with Gasteiger partial charge in [0, 0.05) is 13.0 Å². The zero-order valence-corrected chi connectivity index (χ0v) is 12.1. The van der Waals surface area contributed by atoms with Crippen molar-refractivity contribution in [1.82, 2.24) is 4.90 Å². The van der Waals surface area contributed by atoms with E-state index in [1.807, 2.05) is 32.0 Å². The monoisotopic (exact) mass is 295 g/mol. The number of carbonyl (C=O) groups excluding carboxylic acids is 1. The molecule has 5 nitrogen and oxygen atoms in total. The van der Waals surface area contributed by atoms with Crippen LogP contribution in [0.5, 0.6) is 5.75 Å². The van der Waals surface area contributed by atoms with Gasteiger partial charge in [-0.2, -0.15) is 0 Å². The minimum Gasteiger partial charge on any atom is -0.483 e. The predicted octanol–water partition coefficient (Wildman–Crippen LogP) is 1.71. The van der Waals surface area contributed by atoms with E-state index in [1.165, 1.54) is 4.90 Å². The van der Waals surface area contributed by atoms with E-state index in [1.54, 1.807) is 0 Å². The van der Waals surface area contributed by atoms with E-state index in [0.717, 1.165) is 11.1 Å². The number of alkyl halides is 1. The molecule has 0 aromatic heterocycles. The van der Waals surface area contributed by atoms with Gasteiger partial charge in [-0.15, -0.1) is 0 Å². The molecule has 1 heterocycles. The first-order chi connectivity index (χ1) is 9.82. The number of aryl methyl sites for hydroxylation is 2. The third-order valence-electron chi connectivity index (χ3n) is 3.65. The molecule has 0 aliphatic carbocycles. The van der Waals surface area contributed by atoms with E-state index < -0.39 is 24.1 Å². The Morgan fingerprint density at radius 3 is 2.76 bits per heavy atom. The smallest absolute Gasteiger partial charge is 0.343 e.